The fourth-order valence-electron chi connectivity index (χ4n) is 6.94. The minimum atomic E-state index is -2.77. The summed E-state index contributed by atoms with van der Waals surface area (Å²) >= 11 is 3.60. The van der Waals surface area contributed by atoms with Gasteiger partial charge in [-0.2, -0.15) is 4.98 Å². The second-order valence-corrected chi connectivity index (χ2v) is 17.4. The van der Waals surface area contributed by atoms with E-state index in [-0.39, 0.29) is 0 Å². The number of anilines is 5. The van der Waals surface area contributed by atoms with Gasteiger partial charge >= 0.3 is 0 Å². The highest BCUT2D eigenvalue weighted by Crippen LogP contribution is 2.43. The number of aromatic nitrogens is 6. The molecule has 7 rings (SSSR count). The summed E-state index contributed by atoms with van der Waals surface area (Å²) in [5, 5.41) is 7.40. The van der Waals surface area contributed by atoms with E-state index in [2.05, 4.69) is 75.4 Å². The Morgan fingerprint density at radius 2 is 1.68 bits per heavy atom. The first kappa shape index (κ1) is 34.4. The molecule has 15 heteroatoms. The number of hydrogen-bond donors (Lipinski definition) is 2. The van der Waals surface area contributed by atoms with Crippen molar-refractivity contribution in [1.29, 1.82) is 0 Å². The summed E-state index contributed by atoms with van der Waals surface area (Å²) in [6.45, 7) is 9.93. The molecule has 2 aliphatic heterocycles. The molecule has 0 unspecified atom stereocenters. The number of piperazine rings is 1. The molecule has 5 heterocycles. The van der Waals surface area contributed by atoms with E-state index in [0.717, 1.165) is 69.1 Å². The maximum absolute atomic E-state index is 13.5. The molecular formula is C35H43BrN11O2P. The number of methoxy groups -OCH3 is 1. The number of imidazole rings is 1. The maximum Gasteiger partial charge on any atom is 0.229 e. The molecule has 0 atom stereocenters. The highest BCUT2D eigenvalue weighted by atomic mass is 79.9. The number of halogens is 1. The van der Waals surface area contributed by atoms with Gasteiger partial charge in [0.2, 0.25) is 5.95 Å². The number of rotatable bonds is 9. The number of fused-ring (bicyclic) bond motifs is 1. The van der Waals surface area contributed by atoms with Crippen LogP contribution in [0.25, 0.3) is 22.3 Å². The van der Waals surface area contributed by atoms with E-state index in [4.69, 9.17) is 14.7 Å². The second-order valence-electron chi connectivity index (χ2n) is 13.4. The SMILES string of the molecule is COc1cc(N2CCC(N3CCN(C)CC3)CC2)c(-c2cn(C)cn2)cc1Nc1ncc(Br)c(Nc2ccc3nccnc3c2P(C)(C)=O)n1. The Kier molecular flexibility index (Phi) is 9.80. The number of piperidine rings is 1. The van der Waals surface area contributed by atoms with E-state index in [0.29, 0.717) is 55.7 Å². The first-order valence-corrected chi connectivity index (χ1v) is 20.2. The van der Waals surface area contributed by atoms with Gasteiger partial charge < -0.3 is 34.3 Å². The van der Waals surface area contributed by atoms with Crippen molar-refractivity contribution in [3.8, 4) is 17.0 Å². The molecule has 0 bridgehead atoms. The van der Waals surface area contributed by atoms with Gasteiger partial charge in [0.1, 0.15) is 24.2 Å². The molecule has 2 saturated heterocycles. The molecule has 2 N–H and O–H groups in total. The first-order chi connectivity index (χ1) is 24.1. The number of likely N-dealkylation sites (N-methyl/N-ethyl adjacent to an activating group) is 1. The van der Waals surface area contributed by atoms with Crippen LogP contribution in [0.1, 0.15) is 12.8 Å². The fourth-order valence-corrected chi connectivity index (χ4v) is 8.63. The van der Waals surface area contributed by atoms with E-state index in [1.165, 1.54) is 0 Å². The molecule has 0 saturated carbocycles. The molecule has 3 aromatic heterocycles. The van der Waals surface area contributed by atoms with Crippen LogP contribution in [0.2, 0.25) is 0 Å². The number of nitrogens with one attached hydrogen (secondary N) is 2. The Bertz CT molecular complexity index is 2050. The molecule has 0 aliphatic carbocycles. The van der Waals surface area contributed by atoms with Gasteiger partial charge in [-0.25, -0.2) is 9.97 Å². The highest BCUT2D eigenvalue weighted by molar-refractivity contribution is 9.10. The molecule has 262 valence electrons. The van der Waals surface area contributed by atoms with Gasteiger partial charge in [-0.3, -0.25) is 14.9 Å². The lowest BCUT2D eigenvalue weighted by atomic mass is 9.99. The Hall–Kier alpha value is -4.10. The fraction of sp³-hybridized carbons (Fsp3) is 0.400. The molecule has 2 aliphatic rings. The average Bonchev–Trinajstić information content (AvgIpc) is 3.55. The van der Waals surface area contributed by atoms with E-state index >= 15 is 0 Å². The Morgan fingerprint density at radius 3 is 2.38 bits per heavy atom. The van der Waals surface area contributed by atoms with Crippen molar-refractivity contribution >= 4 is 68.2 Å². The van der Waals surface area contributed by atoms with Gasteiger partial charge in [-0.15, -0.1) is 0 Å². The van der Waals surface area contributed by atoms with Crippen molar-refractivity contribution in [2.45, 2.75) is 18.9 Å². The van der Waals surface area contributed by atoms with Crippen LogP contribution in [0.4, 0.5) is 28.8 Å². The van der Waals surface area contributed by atoms with Crippen molar-refractivity contribution in [3.63, 3.8) is 0 Å². The Balaban J connectivity index is 1.18. The third-order valence-corrected chi connectivity index (χ3v) is 11.7. The Morgan fingerprint density at radius 1 is 0.920 bits per heavy atom. The first-order valence-electron chi connectivity index (χ1n) is 16.8. The third-order valence-electron chi connectivity index (χ3n) is 9.55. The van der Waals surface area contributed by atoms with Crippen LogP contribution in [0.3, 0.4) is 0 Å². The van der Waals surface area contributed by atoms with Crippen LogP contribution in [-0.4, -0.2) is 112 Å². The minimum absolute atomic E-state index is 0.361. The lowest BCUT2D eigenvalue weighted by Crippen LogP contribution is -2.52. The topological polar surface area (TPSA) is 129 Å². The van der Waals surface area contributed by atoms with E-state index in [1.54, 1.807) is 39.0 Å². The molecule has 5 aromatic rings. The van der Waals surface area contributed by atoms with E-state index < -0.39 is 7.14 Å². The van der Waals surface area contributed by atoms with Gasteiger partial charge in [-0.05, 0) is 67.3 Å². The van der Waals surface area contributed by atoms with Crippen LogP contribution in [0, 0.1) is 0 Å². The van der Waals surface area contributed by atoms with Crippen LogP contribution < -0.4 is 25.6 Å². The summed E-state index contributed by atoms with van der Waals surface area (Å²) in [6, 6.07) is 8.51. The van der Waals surface area contributed by atoms with Crippen LogP contribution >= 0.6 is 23.1 Å². The monoisotopic (exact) mass is 759 g/mol. The zero-order valence-electron chi connectivity index (χ0n) is 29.1. The summed E-state index contributed by atoms with van der Waals surface area (Å²) in [5.41, 5.74) is 5.62. The van der Waals surface area contributed by atoms with Gasteiger partial charge in [0.15, 0.2) is 0 Å². The largest absolute Gasteiger partial charge is 0.494 e. The van der Waals surface area contributed by atoms with Crippen molar-refractivity contribution in [2.24, 2.45) is 7.05 Å². The van der Waals surface area contributed by atoms with Gasteiger partial charge in [0.25, 0.3) is 0 Å². The van der Waals surface area contributed by atoms with E-state index in [1.807, 2.05) is 36.3 Å². The highest BCUT2D eigenvalue weighted by Gasteiger charge is 2.29. The average molecular weight is 761 g/mol. The summed E-state index contributed by atoms with van der Waals surface area (Å²) in [6.07, 6.45) is 11.0. The molecular weight excluding hydrogens is 717 g/mol. The molecule has 0 spiro atoms. The van der Waals surface area contributed by atoms with Gasteiger partial charge in [0.05, 0.1) is 51.5 Å². The van der Waals surface area contributed by atoms with Gasteiger partial charge in [-0.1, -0.05) is 0 Å². The summed E-state index contributed by atoms with van der Waals surface area (Å²) in [5.74, 6) is 1.54. The third kappa shape index (κ3) is 7.20. The number of nitrogens with zero attached hydrogens (tertiary/aromatic N) is 9. The minimum Gasteiger partial charge on any atom is -0.494 e. The number of ether oxygens (including phenoxy) is 1. The molecule has 50 heavy (non-hydrogen) atoms. The maximum atomic E-state index is 13.5. The van der Waals surface area contributed by atoms with Crippen LogP contribution in [0.5, 0.6) is 5.75 Å². The standard InChI is InChI=1S/C35H43BrN11O2P/c1-44-14-16-46(17-15-44)23-8-12-47(13-9-23)30-19-31(49-3)28(18-24(30)29-21-45(2)22-40-29)42-35-39-20-25(36)34(43-35)41-27-7-6-26-32(38-11-10-37-26)33(27)50(4,5)48/h6-7,10-11,18-23H,8-9,12-17H2,1-5H3,(H2,39,41,42,43). The lowest BCUT2D eigenvalue weighted by molar-refractivity contribution is 0.0982. The zero-order valence-corrected chi connectivity index (χ0v) is 31.6. The summed E-state index contributed by atoms with van der Waals surface area (Å²) in [7, 11) is 3.10. The lowest BCUT2D eigenvalue weighted by Gasteiger charge is -2.43. The van der Waals surface area contributed by atoms with Crippen molar-refractivity contribution in [2.75, 3.05) is 82.3 Å². The molecule has 0 amide bonds. The number of benzene rings is 2. The van der Waals surface area contributed by atoms with E-state index in [9.17, 15) is 4.57 Å². The van der Waals surface area contributed by atoms with Crippen molar-refractivity contribution < 1.29 is 9.30 Å². The molecule has 2 fully saturated rings. The van der Waals surface area contributed by atoms with Crippen molar-refractivity contribution in [1.82, 2.24) is 39.3 Å². The number of aryl methyl sites for hydroxylation is 1. The van der Waals surface area contributed by atoms with Crippen molar-refractivity contribution in [3.05, 3.63) is 59.9 Å². The number of hydrogen-bond acceptors (Lipinski definition) is 12. The smallest absolute Gasteiger partial charge is 0.229 e. The van der Waals surface area contributed by atoms with Crippen LogP contribution in [-0.2, 0) is 11.6 Å². The predicted molar refractivity (Wildman–Crippen MR) is 204 cm³/mol. The summed E-state index contributed by atoms with van der Waals surface area (Å²) < 4.78 is 22.1. The normalized spacial score (nSPS) is 16.6. The zero-order chi connectivity index (χ0) is 35.0. The molecule has 0 radical (unpaired) electrons. The Labute approximate surface area is 301 Å². The second kappa shape index (κ2) is 14.3. The van der Waals surface area contributed by atoms with Crippen LogP contribution in [0.15, 0.2) is 59.9 Å². The quantitative estimate of drug-likeness (QED) is 0.183. The predicted octanol–water partition coefficient (Wildman–Crippen LogP) is 5.54. The summed E-state index contributed by atoms with van der Waals surface area (Å²) in [4.78, 5) is 30.6. The van der Waals surface area contributed by atoms with Gasteiger partial charge in [0, 0.05) is 88.8 Å². The molecule has 13 nitrogen and oxygen atoms in total. The molecule has 2 aromatic carbocycles.